The first-order valence-corrected chi connectivity index (χ1v) is 6.16. The second-order valence-electron chi connectivity index (χ2n) is 5.33. The molecule has 0 unspecified atom stereocenters. The minimum atomic E-state index is 0.794. The van der Waals surface area contributed by atoms with Crippen molar-refractivity contribution in [2.75, 3.05) is 26.7 Å². The van der Waals surface area contributed by atoms with E-state index in [1.807, 2.05) is 0 Å². The molecule has 0 bridgehead atoms. The quantitative estimate of drug-likeness (QED) is 0.618. The van der Waals surface area contributed by atoms with Gasteiger partial charge in [0.05, 0.1) is 0 Å². The van der Waals surface area contributed by atoms with Crippen molar-refractivity contribution in [2.24, 2.45) is 5.92 Å². The number of hydrogen-bond donors (Lipinski definition) is 1. The van der Waals surface area contributed by atoms with Gasteiger partial charge in [0.2, 0.25) is 0 Å². The third-order valence-corrected chi connectivity index (χ3v) is 2.80. The lowest BCUT2D eigenvalue weighted by atomic mass is 10.1. The normalized spacial score (nSPS) is 16.3. The average molecular weight is 210 g/mol. The highest BCUT2D eigenvalue weighted by molar-refractivity contribution is 5.01. The van der Waals surface area contributed by atoms with Gasteiger partial charge < -0.3 is 10.2 Å². The van der Waals surface area contributed by atoms with Gasteiger partial charge in [0, 0.05) is 19.1 Å². The molecule has 1 rings (SSSR count). The molecule has 1 N–H and O–H groups in total. The first-order chi connectivity index (χ1) is 7.08. The van der Waals surface area contributed by atoms with Crippen molar-refractivity contribution in [3.05, 3.63) is 12.2 Å². The number of likely N-dealkylation sites (N-methyl/N-ethyl adjacent to an activating group) is 1. The summed E-state index contributed by atoms with van der Waals surface area (Å²) in [6.45, 7) is 11.9. The molecule has 2 nitrogen and oxygen atoms in total. The molecule has 2 heteroatoms. The van der Waals surface area contributed by atoms with Gasteiger partial charge >= 0.3 is 0 Å². The van der Waals surface area contributed by atoms with E-state index in [1.54, 1.807) is 0 Å². The smallest absolute Gasteiger partial charge is 0.0199 e. The topological polar surface area (TPSA) is 15.3 Å². The molecule has 0 radical (unpaired) electrons. The summed E-state index contributed by atoms with van der Waals surface area (Å²) in [4.78, 5) is 2.37. The van der Waals surface area contributed by atoms with Gasteiger partial charge in [0.25, 0.3) is 0 Å². The molecule has 0 aromatic rings. The van der Waals surface area contributed by atoms with Gasteiger partial charge in [0.1, 0.15) is 0 Å². The number of rotatable bonds is 8. The summed E-state index contributed by atoms with van der Waals surface area (Å²) in [5.74, 6) is 0.797. The predicted molar refractivity (Wildman–Crippen MR) is 67.1 cm³/mol. The molecule has 1 aliphatic carbocycles. The Bertz CT molecular complexity index is 195. The van der Waals surface area contributed by atoms with Crippen LogP contribution in [0.25, 0.3) is 0 Å². The van der Waals surface area contributed by atoms with Crippen molar-refractivity contribution < 1.29 is 0 Å². The van der Waals surface area contributed by atoms with Crippen LogP contribution < -0.4 is 5.32 Å². The second kappa shape index (κ2) is 6.29. The van der Waals surface area contributed by atoms with Gasteiger partial charge in [-0.2, -0.15) is 0 Å². The van der Waals surface area contributed by atoms with Crippen LogP contribution in [0.3, 0.4) is 0 Å². The Morgan fingerprint density at radius 3 is 2.67 bits per heavy atom. The van der Waals surface area contributed by atoms with Crippen molar-refractivity contribution in [1.29, 1.82) is 0 Å². The van der Waals surface area contributed by atoms with E-state index in [0.29, 0.717) is 0 Å². The van der Waals surface area contributed by atoms with Crippen LogP contribution in [0.5, 0.6) is 0 Å². The van der Waals surface area contributed by atoms with Crippen LogP contribution in [0.15, 0.2) is 12.2 Å². The molecule has 88 valence electrons. The maximum atomic E-state index is 4.12. The maximum Gasteiger partial charge on any atom is 0.0199 e. The molecule has 15 heavy (non-hydrogen) atoms. The van der Waals surface area contributed by atoms with E-state index >= 15 is 0 Å². The van der Waals surface area contributed by atoms with Gasteiger partial charge in [-0.3, -0.25) is 0 Å². The first-order valence-electron chi connectivity index (χ1n) is 6.16. The highest BCUT2D eigenvalue weighted by Crippen LogP contribution is 2.18. The molecular weight excluding hydrogens is 184 g/mol. The van der Waals surface area contributed by atoms with Crippen LogP contribution in [0.2, 0.25) is 0 Å². The van der Waals surface area contributed by atoms with Crippen LogP contribution in [-0.2, 0) is 0 Å². The SMILES string of the molecule is C=C(CNC1CC1)CN(C)CCC(C)C. The molecule has 0 aromatic carbocycles. The average Bonchev–Trinajstić information content (AvgIpc) is 2.95. The summed E-state index contributed by atoms with van der Waals surface area (Å²) >= 11 is 0. The van der Waals surface area contributed by atoms with Crippen LogP contribution in [-0.4, -0.2) is 37.6 Å². The van der Waals surface area contributed by atoms with E-state index in [4.69, 9.17) is 0 Å². The number of hydrogen-bond acceptors (Lipinski definition) is 2. The molecule has 1 saturated carbocycles. The zero-order valence-electron chi connectivity index (χ0n) is 10.6. The van der Waals surface area contributed by atoms with Crippen molar-refractivity contribution in [3.63, 3.8) is 0 Å². The van der Waals surface area contributed by atoms with Gasteiger partial charge in [-0.15, -0.1) is 0 Å². The summed E-state index contributed by atoms with van der Waals surface area (Å²) in [5, 5.41) is 3.50. The van der Waals surface area contributed by atoms with Crippen molar-refractivity contribution in [1.82, 2.24) is 10.2 Å². The Kier molecular flexibility index (Phi) is 5.34. The fourth-order valence-electron chi connectivity index (χ4n) is 1.57. The molecule has 0 heterocycles. The summed E-state index contributed by atoms with van der Waals surface area (Å²) in [6.07, 6.45) is 3.99. The standard InChI is InChI=1S/C13H26N2/c1-11(2)7-8-15(4)10-12(3)9-14-13-5-6-13/h11,13-14H,3,5-10H2,1-2,4H3. The van der Waals surface area contributed by atoms with Crippen LogP contribution >= 0.6 is 0 Å². The van der Waals surface area contributed by atoms with Crippen LogP contribution in [0.1, 0.15) is 33.1 Å². The lowest BCUT2D eigenvalue weighted by Crippen LogP contribution is -2.28. The first kappa shape index (κ1) is 12.7. The lowest BCUT2D eigenvalue weighted by molar-refractivity contribution is 0.331. The van der Waals surface area contributed by atoms with Gasteiger partial charge in [0.15, 0.2) is 0 Å². The Balaban J connectivity index is 2.01. The Morgan fingerprint density at radius 2 is 2.13 bits per heavy atom. The van der Waals surface area contributed by atoms with E-state index in [-0.39, 0.29) is 0 Å². The van der Waals surface area contributed by atoms with E-state index in [9.17, 15) is 0 Å². The van der Waals surface area contributed by atoms with Crippen molar-refractivity contribution >= 4 is 0 Å². The predicted octanol–water partition coefficient (Wildman–Crippen LogP) is 2.27. The van der Waals surface area contributed by atoms with Crippen LogP contribution in [0, 0.1) is 5.92 Å². The fraction of sp³-hybridized carbons (Fsp3) is 0.846. The van der Waals surface area contributed by atoms with Gasteiger partial charge in [-0.05, 0) is 44.3 Å². The molecule has 0 aliphatic heterocycles. The van der Waals surface area contributed by atoms with Gasteiger partial charge in [-0.25, -0.2) is 0 Å². The van der Waals surface area contributed by atoms with Crippen LogP contribution in [0.4, 0.5) is 0 Å². The Hall–Kier alpha value is -0.340. The number of nitrogens with one attached hydrogen (secondary N) is 1. The maximum absolute atomic E-state index is 4.12. The molecule has 0 aromatic heterocycles. The minimum absolute atomic E-state index is 0.794. The highest BCUT2D eigenvalue weighted by Gasteiger charge is 2.20. The van der Waals surface area contributed by atoms with Crippen molar-refractivity contribution in [3.8, 4) is 0 Å². The van der Waals surface area contributed by atoms with E-state index in [2.05, 4.69) is 37.7 Å². The molecule has 0 atom stereocenters. The molecule has 0 amide bonds. The summed E-state index contributed by atoms with van der Waals surface area (Å²) in [6, 6.07) is 0.794. The fourth-order valence-corrected chi connectivity index (χ4v) is 1.57. The van der Waals surface area contributed by atoms with E-state index in [0.717, 1.165) is 25.0 Å². The Morgan fingerprint density at radius 1 is 1.47 bits per heavy atom. The molecule has 1 fully saturated rings. The largest absolute Gasteiger partial charge is 0.310 e. The molecule has 0 saturated heterocycles. The second-order valence-corrected chi connectivity index (χ2v) is 5.33. The summed E-state index contributed by atoms with van der Waals surface area (Å²) in [5.41, 5.74) is 1.31. The molecular formula is C13H26N2. The zero-order chi connectivity index (χ0) is 11.3. The number of nitrogens with zero attached hydrogens (tertiary/aromatic N) is 1. The highest BCUT2D eigenvalue weighted by atomic mass is 15.1. The lowest BCUT2D eigenvalue weighted by Gasteiger charge is -2.19. The van der Waals surface area contributed by atoms with E-state index in [1.165, 1.54) is 31.4 Å². The zero-order valence-corrected chi connectivity index (χ0v) is 10.6. The summed E-state index contributed by atoms with van der Waals surface area (Å²) in [7, 11) is 2.19. The monoisotopic (exact) mass is 210 g/mol. The van der Waals surface area contributed by atoms with Crippen molar-refractivity contribution in [2.45, 2.75) is 39.2 Å². The summed E-state index contributed by atoms with van der Waals surface area (Å²) < 4.78 is 0. The Labute approximate surface area is 94.7 Å². The third-order valence-electron chi connectivity index (χ3n) is 2.80. The minimum Gasteiger partial charge on any atom is -0.310 e. The van der Waals surface area contributed by atoms with E-state index < -0.39 is 0 Å². The third kappa shape index (κ3) is 6.69. The van der Waals surface area contributed by atoms with Gasteiger partial charge in [-0.1, -0.05) is 20.4 Å². The molecule has 1 aliphatic rings. The molecule has 0 spiro atoms.